The number of ether oxygens (including phenoxy) is 2. The zero-order chi connectivity index (χ0) is 8.39. The van der Waals surface area contributed by atoms with E-state index in [4.69, 9.17) is 9.47 Å². The highest BCUT2D eigenvalue weighted by molar-refractivity contribution is 5.25. The molecule has 1 fully saturated rings. The SMILES string of the molecule is COC1=C(CC2CO2)CCC=C1. The van der Waals surface area contributed by atoms with E-state index in [1.165, 1.54) is 5.57 Å². The van der Waals surface area contributed by atoms with Gasteiger partial charge in [-0.1, -0.05) is 6.08 Å². The molecule has 12 heavy (non-hydrogen) atoms. The normalized spacial score (nSPS) is 27.6. The van der Waals surface area contributed by atoms with Crippen LogP contribution in [-0.2, 0) is 9.47 Å². The Morgan fingerprint density at radius 3 is 3.17 bits per heavy atom. The largest absolute Gasteiger partial charge is 0.497 e. The van der Waals surface area contributed by atoms with E-state index in [9.17, 15) is 0 Å². The van der Waals surface area contributed by atoms with Crippen LogP contribution in [0, 0.1) is 0 Å². The molecule has 0 N–H and O–H groups in total. The number of rotatable bonds is 3. The topological polar surface area (TPSA) is 21.8 Å². The Balaban J connectivity index is 2.04. The third kappa shape index (κ3) is 1.69. The fourth-order valence-corrected chi connectivity index (χ4v) is 1.56. The molecule has 2 heteroatoms. The van der Waals surface area contributed by atoms with Gasteiger partial charge in [-0.2, -0.15) is 0 Å². The van der Waals surface area contributed by atoms with Crippen molar-refractivity contribution in [3.05, 3.63) is 23.5 Å². The van der Waals surface area contributed by atoms with E-state index in [0.717, 1.165) is 31.6 Å². The monoisotopic (exact) mass is 166 g/mol. The van der Waals surface area contributed by atoms with Crippen molar-refractivity contribution in [1.82, 2.24) is 0 Å². The Morgan fingerprint density at radius 1 is 1.67 bits per heavy atom. The summed E-state index contributed by atoms with van der Waals surface area (Å²) in [6, 6.07) is 0. The molecule has 2 nitrogen and oxygen atoms in total. The molecule has 2 aliphatic rings. The number of hydrogen-bond acceptors (Lipinski definition) is 2. The van der Waals surface area contributed by atoms with Crippen LogP contribution in [0.4, 0.5) is 0 Å². The van der Waals surface area contributed by atoms with E-state index in [2.05, 4.69) is 12.2 Å². The predicted octanol–water partition coefficient (Wildman–Crippen LogP) is 2.03. The molecule has 1 atom stereocenters. The van der Waals surface area contributed by atoms with Gasteiger partial charge in [-0.25, -0.2) is 0 Å². The first-order valence-corrected chi connectivity index (χ1v) is 4.44. The van der Waals surface area contributed by atoms with Crippen molar-refractivity contribution in [2.24, 2.45) is 0 Å². The second kappa shape index (κ2) is 3.31. The molecule has 0 aromatic rings. The third-order valence-corrected chi connectivity index (χ3v) is 2.33. The lowest BCUT2D eigenvalue weighted by molar-refractivity contribution is 0.295. The van der Waals surface area contributed by atoms with Gasteiger partial charge in [0.05, 0.1) is 19.8 Å². The van der Waals surface area contributed by atoms with Crippen LogP contribution in [-0.4, -0.2) is 19.8 Å². The molecule has 0 saturated carbocycles. The maximum absolute atomic E-state index is 5.27. The molecular weight excluding hydrogens is 152 g/mol. The van der Waals surface area contributed by atoms with E-state index >= 15 is 0 Å². The van der Waals surface area contributed by atoms with Gasteiger partial charge < -0.3 is 9.47 Å². The minimum absolute atomic E-state index is 0.483. The average molecular weight is 166 g/mol. The minimum atomic E-state index is 0.483. The maximum atomic E-state index is 5.27. The second-order valence-electron chi connectivity index (χ2n) is 3.27. The molecule has 1 aliphatic heterocycles. The van der Waals surface area contributed by atoms with Crippen molar-refractivity contribution >= 4 is 0 Å². The van der Waals surface area contributed by atoms with Gasteiger partial charge in [0.1, 0.15) is 5.76 Å². The number of methoxy groups -OCH3 is 1. The Kier molecular flexibility index (Phi) is 2.17. The van der Waals surface area contributed by atoms with Crippen molar-refractivity contribution in [2.75, 3.05) is 13.7 Å². The first-order valence-electron chi connectivity index (χ1n) is 4.44. The quantitative estimate of drug-likeness (QED) is 0.598. The lowest BCUT2D eigenvalue weighted by Crippen LogP contribution is -2.00. The first kappa shape index (κ1) is 7.87. The van der Waals surface area contributed by atoms with E-state index in [-0.39, 0.29) is 0 Å². The average Bonchev–Trinajstić information content (AvgIpc) is 2.89. The molecule has 0 aromatic carbocycles. The molecule has 1 unspecified atom stereocenters. The predicted molar refractivity (Wildman–Crippen MR) is 46.8 cm³/mol. The fraction of sp³-hybridized carbons (Fsp3) is 0.600. The highest BCUT2D eigenvalue weighted by Crippen LogP contribution is 2.28. The molecule has 66 valence electrons. The molecule has 1 aliphatic carbocycles. The van der Waals surface area contributed by atoms with Gasteiger partial charge in [-0.3, -0.25) is 0 Å². The van der Waals surface area contributed by atoms with E-state index in [0.29, 0.717) is 6.10 Å². The molecule has 0 radical (unpaired) electrons. The van der Waals surface area contributed by atoms with Crippen molar-refractivity contribution in [1.29, 1.82) is 0 Å². The van der Waals surface area contributed by atoms with E-state index < -0.39 is 0 Å². The Hall–Kier alpha value is -0.760. The van der Waals surface area contributed by atoms with Crippen molar-refractivity contribution in [3.8, 4) is 0 Å². The summed E-state index contributed by atoms with van der Waals surface area (Å²) in [5.41, 5.74) is 1.42. The van der Waals surface area contributed by atoms with Crippen molar-refractivity contribution < 1.29 is 9.47 Å². The standard InChI is InChI=1S/C10H14O2/c1-11-10-5-3-2-4-8(10)6-9-7-12-9/h3,5,9H,2,4,6-7H2,1H3. The van der Waals surface area contributed by atoms with Crippen LogP contribution >= 0.6 is 0 Å². The Morgan fingerprint density at radius 2 is 2.50 bits per heavy atom. The van der Waals surface area contributed by atoms with Crippen LogP contribution in [0.25, 0.3) is 0 Å². The third-order valence-electron chi connectivity index (χ3n) is 2.33. The lowest BCUT2D eigenvalue weighted by atomic mass is 9.99. The van der Waals surface area contributed by atoms with Crippen molar-refractivity contribution in [3.63, 3.8) is 0 Å². The highest BCUT2D eigenvalue weighted by Gasteiger charge is 2.25. The zero-order valence-electron chi connectivity index (χ0n) is 7.38. The number of epoxide rings is 1. The van der Waals surface area contributed by atoms with Gasteiger partial charge in [0.15, 0.2) is 0 Å². The summed E-state index contributed by atoms with van der Waals surface area (Å²) in [5.74, 6) is 1.05. The molecule has 0 amide bonds. The first-order chi connectivity index (χ1) is 5.90. The maximum Gasteiger partial charge on any atom is 0.117 e. The Bertz CT molecular complexity index is 224. The van der Waals surface area contributed by atoms with Crippen LogP contribution in [0.3, 0.4) is 0 Å². The van der Waals surface area contributed by atoms with Gasteiger partial charge in [-0.05, 0) is 24.5 Å². The van der Waals surface area contributed by atoms with Crippen LogP contribution < -0.4 is 0 Å². The molecule has 1 heterocycles. The lowest BCUT2D eigenvalue weighted by Gasteiger charge is -2.13. The van der Waals surface area contributed by atoms with Gasteiger partial charge in [0, 0.05) is 6.42 Å². The molecular formula is C10H14O2. The molecule has 0 bridgehead atoms. The van der Waals surface area contributed by atoms with Crippen LogP contribution in [0.1, 0.15) is 19.3 Å². The van der Waals surface area contributed by atoms with Gasteiger partial charge in [-0.15, -0.1) is 0 Å². The van der Waals surface area contributed by atoms with Crippen LogP contribution in [0.5, 0.6) is 0 Å². The van der Waals surface area contributed by atoms with E-state index in [1.807, 2.05) is 0 Å². The summed E-state index contributed by atoms with van der Waals surface area (Å²) in [4.78, 5) is 0. The highest BCUT2D eigenvalue weighted by atomic mass is 16.6. The number of allylic oxidation sites excluding steroid dienone is 2. The van der Waals surface area contributed by atoms with Gasteiger partial charge in [0.25, 0.3) is 0 Å². The summed E-state index contributed by atoms with van der Waals surface area (Å²) in [6.45, 7) is 0.935. The molecule has 2 rings (SSSR count). The second-order valence-corrected chi connectivity index (χ2v) is 3.27. The number of hydrogen-bond donors (Lipinski definition) is 0. The van der Waals surface area contributed by atoms with Crippen LogP contribution in [0.15, 0.2) is 23.5 Å². The molecule has 1 saturated heterocycles. The summed E-state index contributed by atoms with van der Waals surface area (Å²) >= 11 is 0. The fourth-order valence-electron chi connectivity index (χ4n) is 1.56. The smallest absolute Gasteiger partial charge is 0.117 e. The minimum Gasteiger partial charge on any atom is -0.497 e. The summed E-state index contributed by atoms with van der Waals surface area (Å²) in [7, 11) is 1.73. The van der Waals surface area contributed by atoms with E-state index in [1.54, 1.807) is 7.11 Å². The molecule has 0 aromatic heterocycles. The van der Waals surface area contributed by atoms with Crippen LogP contribution in [0.2, 0.25) is 0 Å². The molecule has 0 spiro atoms. The summed E-state index contributed by atoms with van der Waals surface area (Å²) < 4.78 is 10.5. The summed E-state index contributed by atoms with van der Waals surface area (Å²) in [6.07, 6.45) is 8.07. The van der Waals surface area contributed by atoms with Gasteiger partial charge >= 0.3 is 0 Å². The summed E-state index contributed by atoms with van der Waals surface area (Å²) in [5, 5.41) is 0. The zero-order valence-corrected chi connectivity index (χ0v) is 7.38. The van der Waals surface area contributed by atoms with Gasteiger partial charge in [0.2, 0.25) is 0 Å². The van der Waals surface area contributed by atoms with Crippen molar-refractivity contribution in [2.45, 2.75) is 25.4 Å². The Labute approximate surface area is 72.9 Å².